The largest absolute Gasteiger partial charge is 0.511 e. The van der Waals surface area contributed by atoms with Gasteiger partial charge in [-0.05, 0) is 127 Å². The molecule has 5 nitrogen and oxygen atoms in total. The first kappa shape index (κ1) is 36.3. The molecule has 52 heavy (non-hydrogen) atoms. The number of aliphatic hydroxyl groups is 2. The maximum atomic E-state index is 13.3. The van der Waals surface area contributed by atoms with Crippen LogP contribution in [-0.2, 0) is 16.6 Å². The first-order valence-corrected chi connectivity index (χ1v) is 19.9. The summed E-state index contributed by atoms with van der Waals surface area (Å²) in [6.07, 6.45) is 22.7. The number of carboxylic acids is 1. The second-order valence-electron chi connectivity index (χ2n) is 16.3. The van der Waals surface area contributed by atoms with E-state index in [1.807, 2.05) is 30.3 Å². The number of allylic oxidation sites excluding steroid dienone is 3. The Morgan fingerprint density at radius 3 is 2.38 bits per heavy atom. The number of rotatable bonds is 10. The van der Waals surface area contributed by atoms with Crippen molar-refractivity contribution in [3.63, 3.8) is 0 Å². The lowest BCUT2D eigenvalue weighted by molar-refractivity contribution is -0.145. The van der Waals surface area contributed by atoms with Crippen LogP contribution in [-0.4, -0.2) is 33.0 Å². The second kappa shape index (κ2) is 16.3. The Labute approximate surface area is 309 Å². The van der Waals surface area contributed by atoms with Gasteiger partial charge in [0.15, 0.2) is 0 Å². The topological polar surface area (TPSA) is 98.0 Å². The maximum absolute atomic E-state index is 13.3. The molecule has 7 rings (SSSR count). The summed E-state index contributed by atoms with van der Waals surface area (Å²) in [7, 11) is 0. The first-order valence-electron chi connectivity index (χ1n) is 19.9. The zero-order valence-electron chi connectivity index (χ0n) is 30.5. The normalized spacial score (nSPS) is 29.2. The van der Waals surface area contributed by atoms with Crippen molar-refractivity contribution in [1.82, 2.24) is 0 Å². The maximum Gasteiger partial charge on any atom is 0.307 e. The number of carboxylic acid groups (broad SMARTS) is 1. The van der Waals surface area contributed by atoms with Crippen LogP contribution in [0.4, 0.5) is 0 Å². The van der Waals surface area contributed by atoms with Gasteiger partial charge in [-0.2, -0.15) is 0 Å². The van der Waals surface area contributed by atoms with Crippen LogP contribution >= 0.6 is 0 Å². The van der Waals surface area contributed by atoms with E-state index in [1.165, 1.54) is 48.8 Å². The molecule has 3 aromatic carbocycles. The van der Waals surface area contributed by atoms with Gasteiger partial charge < -0.3 is 20.4 Å². The highest BCUT2D eigenvalue weighted by atomic mass is 16.4. The van der Waals surface area contributed by atoms with E-state index in [2.05, 4.69) is 66.8 Å². The summed E-state index contributed by atoms with van der Waals surface area (Å²) in [6, 6.07) is 24.6. The van der Waals surface area contributed by atoms with Crippen LogP contribution in [0, 0.1) is 29.6 Å². The SMILES string of the molecule is O=C(O)[C@H]1C/C=C/C[C@H](CCCCCC[C@@H]2C=C(CO)CC2)[C@H](c2ccc(O)cc2)Cc2cccc(c2)[C@@]12CC[C@@H]1C=c3ccccc3=C(O)[C@@H]1C2. The summed E-state index contributed by atoms with van der Waals surface area (Å²) in [4.78, 5) is 13.3. The number of aliphatic carboxylic acids is 1. The number of phenolic OH excluding ortho intramolecular Hbond substituents is 1. The number of hydrogen-bond donors (Lipinski definition) is 4. The third kappa shape index (κ3) is 7.81. The molecule has 0 aliphatic heterocycles. The van der Waals surface area contributed by atoms with Gasteiger partial charge in [0.05, 0.1) is 12.5 Å². The quantitative estimate of drug-likeness (QED) is 0.125. The fourth-order valence-corrected chi connectivity index (χ4v) is 10.3. The lowest BCUT2D eigenvalue weighted by atomic mass is 9.55. The van der Waals surface area contributed by atoms with Crippen molar-refractivity contribution in [2.24, 2.45) is 29.6 Å². The van der Waals surface area contributed by atoms with Gasteiger partial charge >= 0.3 is 5.97 Å². The molecule has 1 saturated carbocycles. The van der Waals surface area contributed by atoms with E-state index in [4.69, 9.17) is 0 Å². The highest BCUT2D eigenvalue weighted by molar-refractivity contribution is 5.73. The van der Waals surface area contributed by atoms with Gasteiger partial charge in [0, 0.05) is 16.6 Å². The van der Waals surface area contributed by atoms with Crippen LogP contribution in [0.3, 0.4) is 0 Å². The Kier molecular flexibility index (Phi) is 11.4. The van der Waals surface area contributed by atoms with Crippen LogP contribution in [0.25, 0.3) is 11.8 Å². The summed E-state index contributed by atoms with van der Waals surface area (Å²) in [5.41, 5.74) is 4.13. The van der Waals surface area contributed by atoms with E-state index in [1.54, 1.807) is 0 Å². The Hall–Kier alpha value is -4.09. The predicted octanol–water partition coefficient (Wildman–Crippen LogP) is 8.87. The van der Waals surface area contributed by atoms with Crippen LogP contribution in [0.5, 0.6) is 5.75 Å². The molecule has 7 atom stereocenters. The molecule has 4 aliphatic rings. The fraction of sp³-hybridized carbons (Fsp3) is 0.468. The van der Waals surface area contributed by atoms with Crippen LogP contribution < -0.4 is 10.4 Å². The number of phenols is 1. The molecule has 5 heteroatoms. The lowest BCUT2D eigenvalue weighted by Crippen LogP contribution is -2.48. The number of carbonyl (C=O) groups is 1. The van der Waals surface area contributed by atoms with Crippen molar-refractivity contribution < 1.29 is 25.2 Å². The summed E-state index contributed by atoms with van der Waals surface area (Å²) in [5.74, 6) is 0.655. The predicted molar refractivity (Wildman–Crippen MR) is 208 cm³/mol. The van der Waals surface area contributed by atoms with Crippen molar-refractivity contribution in [2.75, 3.05) is 6.61 Å². The number of benzene rings is 3. The number of aromatic hydroxyl groups is 1. The van der Waals surface area contributed by atoms with E-state index < -0.39 is 17.3 Å². The first-order chi connectivity index (χ1) is 25.3. The zero-order valence-corrected chi connectivity index (χ0v) is 30.5. The van der Waals surface area contributed by atoms with Gasteiger partial charge in [0.1, 0.15) is 11.5 Å². The molecule has 1 spiro atoms. The minimum Gasteiger partial charge on any atom is -0.511 e. The Balaban J connectivity index is 1.16. The van der Waals surface area contributed by atoms with Crippen LogP contribution in [0.1, 0.15) is 106 Å². The molecular formula is C47H56O5. The van der Waals surface area contributed by atoms with E-state index in [0.29, 0.717) is 30.4 Å². The number of unbranched alkanes of at least 4 members (excludes halogenated alkanes) is 3. The molecule has 2 bridgehead atoms. The molecule has 4 aliphatic carbocycles. The van der Waals surface area contributed by atoms with Gasteiger partial charge in [-0.25, -0.2) is 0 Å². The standard InChI is InChI=1S/C47H56O5/c48-31-34-19-18-32(26-34)10-3-1-2-4-12-35-13-6-8-17-44(46(51)52)47(25-24-38-29-37-14-5-7-16-41(37)45(50)43(38)30-47)39-15-9-11-33(27-39)28-42(35)36-20-22-40(49)23-21-36/h5-9,11,14-16,20-23,26-27,29,32,35,38,42-44,48-50H,1-4,10,12-13,17-19,24-25,28,30-31H2,(H,51,52)/b8-6+/t32-,35-,38+,42+,43+,44+,47-/m0/s1. The monoisotopic (exact) mass is 700 g/mol. The molecule has 0 amide bonds. The highest BCUT2D eigenvalue weighted by Gasteiger charge is 2.50. The molecule has 274 valence electrons. The molecule has 0 heterocycles. The van der Waals surface area contributed by atoms with E-state index >= 15 is 0 Å². The Morgan fingerprint density at radius 2 is 1.60 bits per heavy atom. The minimum absolute atomic E-state index is 0.118. The van der Waals surface area contributed by atoms with Crippen LogP contribution in [0.15, 0.2) is 96.6 Å². The van der Waals surface area contributed by atoms with E-state index in [-0.39, 0.29) is 30.1 Å². The Morgan fingerprint density at radius 1 is 0.808 bits per heavy atom. The lowest BCUT2D eigenvalue weighted by Gasteiger charge is -2.48. The van der Waals surface area contributed by atoms with E-state index in [0.717, 1.165) is 60.9 Å². The third-order valence-electron chi connectivity index (χ3n) is 13.2. The summed E-state index contributed by atoms with van der Waals surface area (Å²) in [6.45, 7) is 0.204. The van der Waals surface area contributed by atoms with Crippen molar-refractivity contribution in [3.8, 4) is 5.75 Å². The van der Waals surface area contributed by atoms with E-state index in [9.17, 15) is 25.2 Å². The molecular weight excluding hydrogens is 645 g/mol. The van der Waals surface area contributed by atoms with Crippen molar-refractivity contribution >= 4 is 17.8 Å². The van der Waals surface area contributed by atoms with Gasteiger partial charge in [-0.3, -0.25) is 4.79 Å². The van der Waals surface area contributed by atoms with Crippen LogP contribution in [0.2, 0.25) is 0 Å². The smallest absolute Gasteiger partial charge is 0.307 e. The Bertz CT molecular complexity index is 1890. The molecule has 0 saturated heterocycles. The average molecular weight is 701 g/mol. The van der Waals surface area contributed by atoms with Gasteiger partial charge in [-0.15, -0.1) is 0 Å². The van der Waals surface area contributed by atoms with Gasteiger partial charge in [0.2, 0.25) is 0 Å². The fourth-order valence-electron chi connectivity index (χ4n) is 10.3. The van der Waals surface area contributed by atoms with Crippen molar-refractivity contribution in [1.29, 1.82) is 0 Å². The molecule has 4 N–H and O–H groups in total. The van der Waals surface area contributed by atoms with Crippen molar-refractivity contribution in [3.05, 3.63) is 124 Å². The zero-order chi connectivity index (χ0) is 36.1. The van der Waals surface area contributed by atoms with Gasteiger partial charge in [-0.1, -0.05) is 111 Å². The van der Waals surface area contributed by atoms with Crippen molar-refractivity contribution in [2.45, 2.75) is 101 Å². The number of fused-ring (bicyclic) bond motifs is 5. The second-order valence-corrected chi connectivity index (χ2v) is 16.3. The average Bonchev–Trinajstić information content (AvgIpc) is 3.63. The molecule has 3 aromatic rings. The molecule has 0 aromatic heterocycles. The number of aliphatic hydroxyl groups excluding tert-OH is 2. The molecule has 1 fully saturated rings. The minimum atomic E-state index is -0.760. The number of hydrogen-bond acceptors (Lipinski definition) is 4. The molecule has 0 radical (unpaired) electrons. The summed E-state index contributed by atoms with van der Waals surface area (Å²) >= 11 is 0. The summed E-state index contributed by atoms with van der Waals surface area (Å²) < 4.78 is 0. The molecule has 0 unspecified atom stereocenters. The van der Waals surface area contributed by atoms with Gasteiger partial charge in [0.25, 0.3) is 0 Å². The highest BCUT2D eigenvalue weighted by Crippen LogP contribution is 2.53. The summed E-state index contributed by atoms with van der Waals surface area (Å²) in [5, 5.41) is 44.2. The third-order valence-corrected chi connectivity index (χ3v) is 13.2.